The number of nitrogens with one attached hydrogen (secondary N) is 3. The number of ether oxygens (including phenoxy) is 2. The topological polar surface area (TPSA) is 203 Å². The molecule has 3 aliphatic heterocycles. The largest absolute Gasteiger partial charge is 0 e. The predicted octanol–water partition coefficient (Wildman–Crippen LogP) is 29.3. The van der Waals surface area contributed by atoms with Gasteiger partial charge in [-0.25, -0.2) is 9.59 Å². The number of aliphatic hydroxyl groups is 1. The standard InChI is InChI=1S/C29H44O5S.C23H40O3.C21H37NO.2C21H35NO.3ClH.Rh.H2/c1-20-9-13-25(14-10-20)35(31,32)34-19-24(18-23(4)28(30)33-6)12-11-22(3)27-16-15-26-21(2)8-7-17-29(26,27)5;1-7-18(21(24)17(4)22(25)26-6)11-10-16(3)20-13-12-19-15(2)9-8-14-23(19,20)5;3*1-14-6-5-11-21(4)18(14)9-10-19(21)15(2)7-8-17-12-16(3)20(23)22-13-17;;;;;/h9-10,13-14,21-22,24,26-27H,4,7-8,11-12,15-19H2,1-3,5-6H3;15-16,18-21,24H,4,7-14H2,1-3,5-6H3;14-19H,5-13H2,1-4H3,(H,22,23);12,14-15,17-19H,5-11,13H2,1-4H3,(H,22,23);14-15,17-19H,3,5-13H2,1-2,4H3,(H,22,23);3*1H;;1H/q;;;;;;;;+3;/p-3/t21-,22?,24?,26?,27+,29-;15-,16?,18?,19?,20+,21?,23-;14-,15?,16?,17?,18?,19+,21-;2*14-,15?,17?,18?,19+,21-;;;;;/m00000...../s1. The molecule has 17 unspecified atom stereocenters. The fourth-order valence-electron chi connectivity index (χ4n) is 32.5. The zero-order valence-corrected chi connectivity index (χ0v) is 92.6. The summed E-state index contributed by atoms with van der Waals surface area (Å²) in [6.45, 7) is 59.7. The third kappa shape index (κ3) is 29.2. The summed E-state index contributed by atoms with van der Waals surface area (Å²) in [6.07, 6.45) is 51.6. The first-order valence-corrected chi connectivity index (χ1v) is 62.0. The van der Waals surface area contributed by atoms with E-state index in [0.717, 1.165) is 182 Å². The summed E-state index contributed by atoms with van der Waals surface area (Å²) in [5, 5.41) is 19.6. The molecule has 3 heterocycles. The molecule has 1 aromatic carbocycles. The molecule has 10 aliphatic carbocycles. The smallest absolute Gasteiger partial charge is 0 e. The molecule has 3 amide bonds. The molecular formula is C115H193Cl3N3O11RhS. The van der Waals surface area contributed by atoms with Crippen LogP contribution in [0.15, 0.2) is 77.3 Å². The Morgan fingerprint density at radius 3 is 1.25 bits per heavy atom. The summed E-state index contributed by atoms with van der Waals surface area (Å²) in [5.74, 6) is 18.6. The number of fused-ring (bicyclic) bond motifs is 5. The third-order valence-electron chi connectivity index (χ3n) is 40.3. The second-order valence-electron chi connectivity index (χ2n) is 48.5. The molecule has 1 aromatic rings. The SMILES string of the molecule is C=C(C(=O)OC)C(O)C(CC)CCC(C)[C@H]1CCC2[C@@H](C)CCC[C@@]21C.C=C(CC(CCC(C)[C@H]1CCC2[C@@H](C)CCC[C@@]21C)COS(=O)(=O)c1ccc(C)cc1)C(=O)OC.C=C1CC(CCC(C)[C@H]2CCC3[C@@H](C)CCC[C@@]32C)CNC1=O.CC1=CC(CCC(C)[C@H]2CCC3[C@@H](C)CCC[C@@]32C)CNC1=O.CC1CC(CCC(C)[C@H]2CCC3[C@@H](C)CCC[C@@]32C)CNC1=O.[Cl][Rh]([Cl])[Cl].[HH]. The van der Waals surface area contributed by atoms with Crippen LogP contribution < -0.4 is 16.0 Å². The normalized spacial score (nSPS) is 36.6. The number of esters is 2. The molecule has 32 atom stereocenters. The van der Waals surface area contributed by atoms with Crippen molar-refractivity contribution in [3.05, 3.63) is 77.9 Å². The molecule has 770 valence electrons. The number of carbonyl (C=O) groups excluding carboxylic acids is 5. The molecule has 134 heavy (non-hydrogen) atoms. The van der Waals surface area contributed by atoms with Gasteiger partial charge in [0.25, 0.3) is 10.1 Å². The summed E-state index contributed by atoms with van der Waals surface area (Å²) in [6, 6.07) is 6.65. The van der Waals surface area contributed by atoms with E-state index < -0.39 is 41.1 Å². The average Bonchev–Trinajstić information content (AvgIpc) is 1.63. The number of rotatable bonds is 31. The molecule has 19 heteroatoms. The number of hydrogen-bond acceptors (Lipinski definition) is 11. The number of piperidine rings is 2. The van der Waals surface area contributed by atoms with E-state index in [1.54, 1.807) is 24.3 Å². The summed E-state index contributed by atoms with van der Waals surface area (Å²) in [4.78, 5) is 58.5. The van der Waals surface area contributed by atoms with Gasteiger partial charge in [0.2, 0.25) is 17.7 Å². The van der Waals surface area contributed by atoms with Crippen LogP contribution in [0.5, 0.6) is 0 Å². The zero-order chi connectivity index (χ0) is 98.7. The van der Waals surface area contributed by atoms with Crippen LogP contribution in [0.3, 0.4) is 0 Å². The van der Waals surface area contributed by atoms with E-state index in [0.29, 0.717) is 74.6 Å². The first-order chi connectivity index (χ1) is 63.2. The van der Waals surface area contributed by atoms with Gasteiger partial charge in [-0.1, -0.05) is 258 Å². The van der Waals surface area contributed by atoms with E-state index in [9.17, 15) is 37.5 Å². The second-order valence-corrected chi connectivity index (χ2v) is 57.6. The molecule has 14 nitrogen and oxygen atoms in total. The Morgan fingerprint density at radius 2 is 0.881 bits per heavy atom. The van der Waals surface area contributed by atoms with Crippen molar-refractivity contribution in [2.75, 3.05) is 40.5 Å². The van der Waals surface area contributed by atoms with E-state index in [4.69, 9.17) is 42.7 Å². The Hall–Kier alpha value is -3.11. The van der Waals surface area contributed by atoms with Gasteiger partial charge >= 0.3 is 54.0 Å². The van der Waals surface area contributed by atoms with E-state index in [1.807, 2.05) is 13.8 Å². The maximum absolute atomic E-state index is 12.8. The molecule has 0 aromatic heterocycles. The minimum atomic E-state index is -3.87. The van der Waals surface area contributed by atoms with Gasteiger partial charge in [0.1, 0.15) is 0 Å². The van der Waals surface area contributed by atoms with Gasteiger partial charge in [0.05, 0.1) is 37.4 Å². The minimum Gasteiger partial charge on any atom is 0 e. The summed E-state index contributed by atoms with van der Waals surface area (Å²) >= 11 is -1.66. The number of methoxy groups -OCH3 is 2. The molecule has 14 rings (SSSR count). The van der Waals surface area contributed by atoms with Crippen LogP contribution in [0.25, 0.3) is 0 Å². The Morgan fingerprint density at radius 1 is 0.515 bits per heavy atom. The quantitative estimate of drug-likeness (QED) is 0.0238. The maximum Gasteiger partial charge on any atom is 0 e. The molecular weight excluding hydrogens is 1840 g/mol. The molecule has 10 saturated carbocycles. The van der Waals surface area contributed by atoms with E-state index in [1.165, 1.54) is 213 Å². The summed E-state index contributed by atoms with van der Waals surface area (Å²) in [5.41, 5.74) is 5.96. The van der Waals surface area contributed by atoms with Crippen LogP contribution in [0.2, 0.25) is 0 Å². The second kappa shape index (κ2) is 51.9. The molecule has 0 radical (unpaired) electrons. The van der Waals surface area contributed by atoms with Gasteiger partial charge in [-0.05, 0) is 355 Å². The van der Waals surface area contributed by atoms with Gasteiger partial charge in [0, 0.05) is 43.7 Å². The van der Waals surface area contributed by atoms with Crippen LogP contribution in [0.1, 0.15) is 382 Å². The number of aryl methyl sites for hydroxylation is 1. The summed E-state index contributed by atoms with van der Waals surface area (Å²) < 4.78 is 40.6. The van der Waals surface area contributed by atoms with Crippen molar-refractivity contribution < 1.29 is 65.6 Å². The number of aliphatic hydroxyl groups excluding tert-OH is 1. The van der Waals surface area contributed by atoms with Crippen molar-refractivity contribution >= 4 is 68.9 Å². The van der Waals surface area contributed by atoms with Crippen LogP contribution in [0.4, 0.5) is 0 Å². The third-order valence-corrected chi connectivity index (χ3v) is 41.6. The first-order valence-electron chi connectivity index (χ1n) is 54.2. The Labute approximate surface area is 836 Å². The van der Waals surface area contributed by atoms with Gasteiger partial charge in [-0.2, -0.15) is 8.42 Å². The van der Waals surface area contributed by atoms with Crippen LogP contribution in [-0.4, -0.2) is 89.7 Å². The first kappa shape index (κ1) is 114. The molecule has 0 bridgehead atoms. The van der Waals surface area contributed by atoms with Crippen molar-refractivity contribution in [2.24, 2.45) is 181 Å². The van der Waals surface area contributed by atoms with Gasteiger partial charge in [0.15, 0.2) is 0 Å². The molecule has 13 aliphatic rings. The van der Waals surface area contributed by atoms with Crippen molar-refractivity contribution in [1.29, 1.82) is 0 Å². The van der Waals surface area contributed by atoms with Crippen molar-refractivity contribution in [3.8, 4) is 0 Å². The zero-order valence-electron chi connectivity index (χ0n) is 87.9. The summed E-state index contributed by atoms with van der Waals surface area (Å²) in [7, 11) is 13.6. The molecule has 12 fully saturated rings. The minimum absolute atomic E-state index is 0. The Kier molecular flexibility index (Phi) is 44.3. The van der Waals surface area contributed by atoms with Crippen LogP contribution in [-0.2, 0) is 60.7 Å². The number of halogens is 3. The number of benzene rings is 1. The van der Waals surface area contributed by atoms with Crippen LogP contribution >= 0.6 is 29.1 Å². The fourth-order valence-corrected chi connectivity index (χ4v) is 33.5. The average molecular weight is 2040 g/mol. The Bertz CT molecular complexity index is 4110. The van der Waals surface area contributed by atoms with Crippen LogP contribution in [0, 0.1) is 188 Å². The molecule has 2 saturated heterocycles. The number of amides is 3. The van der Waals surface area contributed by atoms with E-state index in [2.05, 4.69) is 159 Å². The van der Waals surface area contributed by atoms with Crippen molar-refractivity contribution in [3.63, 3.8) is 0 Å². The van der Waals surface area contributed by atoms with Crippen molar-refractivity contribution in [2.45, 2.75) is 393 Å². The predicted molar refractivity (Wildman–Crippen MR) is 554 cm³/mol. The van der Waals surface area contributed by atoms with Gasteiger partial charge in [-0.15, -0.1) is 0 Å². The molecule has 4 N–H and O–H groups in total. The van der Waals surface area contributed by atoms with Gasteiger partial charge in [-0.3, -0.25) is 18.6 Å². The monoisotopic (exact) mass is 2030 g/mol. The maximum atomic E-state index is 12.8. The van der Waals surface area contributed by atoms with Crippen molar-refractivity contribution in [1.82, 2.24) is 16.0 Å². The van der Waals surface area contributed by atoms with Gasteiger partial charge < -0.3 is 30.5 Å². The fraction of sp³-hybridized carbons (Fsp3) is 0.835. The molecule has 0 spiro atoms. The van der Waals surface area contributed by atoms with E-state index in [-0.39, 0.29) is 54.0 Å². The number of hydrogen-bond donors (Lipinski definition) is 4. The Balaban J connectivity index is 0.000000207. The van der Waals surface area contributed by atoms with E-state index >= 15 is 0 Å². The number of carbonyl (C=O) groups is 5.